The van der Waals surface area contributed by atoms with Gasteiger partial charge in [0.2, 0.25) is 5.91 Å². The average Bonchev–Trinajstić information content (AvgIpc) is 2.94. The number of methoxy groups -OCH3 is 1. The number of hydrogen-bond acceptors (Lipinski definition) is 6. The monoisotopic (exact) mass is 309 g/mol. The zero-order chi connectivity index (χ0) is 16.5. The van der Waals surface area contributed by atoms with E-state index in [9.17, 15) is 14.4 Å². The zero-order valence-corrected chi connectivity index (χ0v) is 12.8. The molecule has 2 amide bonds. The lowest BCUT2D eigenvalue weighted by Gasteiger charge is -2.08. The Kier molecular flexibility index (Phi) is 6.74. The molecule has 1 heterocycles. The third-order valence-corrected chi connectivity index (χ3v) is 2.62. The number of ether oxygens (including phenoxy) is 1. The number of carbonyl (C=O) groups is 3. The summed E-state index contributed by atoms with van der Waals surface area (Å²) >= 11 is 0. The molecule has 0 aromatic carbocycles. The molecule has 1 N–H and O–H groups in total. The topological polar surface area (TPSA) is 106 Å². The number of hydrogen-bond donors (Lipinski definition) is 1. The van der Waals surface area contributed by atoms with Crippen LogP contribution >= 0.6 is 0 Å². The summed E-state index contributed by atoms with van der Waals surface area (Å²) < 4.78 is 5.73. The van der Waals surface area contributed by atoms with Gasteiger partial charge in [-0.2, -0.15) is 0 Å². The summed E-state index contributed by atoms with van der Waals surface area (Å²) in [5, 5.41) is 10.1. The molecule has 1 rings (SSSR count). The molecule has 9 heteroatoms. The van der Waals surface area contributed by atoms with Gasteiger partial charge in [0.1, 0.15) is 6.54 Å². The van der Waals surface area contributed by atoms with Crippen molar-refractivity contribution in [2.24, 2.45) is 0 Å². The second-order valence-corrected chi connectivity index (χ2v) is 4.56. The first-order valence-corrected chi connectivity index (χ1v) is 6.57. The highest BCUT2D eigenvalue weighted by Crippen LogP contribution is 1.95. The van der Waals surface area contributed by atoms with Crippen LogP contribution in [0.4, 0.5) is 0 Å². The van der Waals surface area contributed by atoms with Crippen molar-refractivity contribution in [2.45, 2.75) is 13.0 Å². The van der Waals surface area contributed by atoms with Crippen molar-refractivity contribution < 1.29 is 19.1 Å². The Balaban J connectivity index is 2.40. The first kappa shape index (κ1) is 17.3. The van der Waals surface area contributed by atoms with Gasteiger partial charge in [0, 0.05) is 26.7 Å². The summed E-state index contributed by atoms with van der Waals surface area (Å²) in [7, 11) is 4.56. The number of aromatic nitrogens is 3. The van der Waals surface area contributed by atoms with Gasteiger partial charge in [0.05, 0.1) is 13.3 Å². The first-order valence-electron chi connectivity index (χ1n) is 6.57. The Labute approximate surface area is 127 Å². The molecule has 0 radical (unpaired) electrons. The molecule has 0 fully saturated rings. The smallest absolute Gasteiger partial charge is 0.330 e. The number of nitrogens with one attached hydrogen (secondary N) is 1. The number of likely N-dealkylation sites (N-methyl/N-ethyl adjacent to an activating group) is 1. The van der Waals surface area contributed by atoms with Crippen LogP contribution in [0.3, 0.4) is 0 Å². The molecule has 22 heavy (non-hydrogen) atoms. The minimum Gasteiger partial charge on any atom is -0.466 e. The van der Waals surface area contributed by atoms with Crippen LogP contribution in [0.1, 0.15) is 16.9 Å². The van der Waals surface area contributed by atoms with E-state index in [4.69, 9.17) is 0 Å². The molecule has 0 bridgehead atoms. The van der Waals surface area contributed by atoms with Gasteiger partial charge in [-0.05, 0) is 6.42 Å². The van der Waals surface area contributed by atoms with Crippen LogP contribution in [0.25, 0.3) is 0 Å². The number of carbonyl (C=O) groups excluding carboxylic acids is 3. The van der Waals surface area contributed by atoms with Crippen molar-refractivity contribution in [2.75, 3.05) is 27.7 Å². The standard InChI is InChI=1S/C13H19N5O4/c1-17(2)11(19)9-18-8-10(15-16-18)13(21)14-7-5-4-6-12(20)22-3/h4,6,8H,5,7,9H2,1-3H3,(H,14,21)/b6-4+. The fraction of sp³-hybridized carbons (Fsp3) is 0.462. The van der Waals surface area contributed by atoms with E-state index in [1.165, 1.54) is 29.0 Å². The van der Waals surface area contributed by atoms with Crippen molar-refractivity contribution in [3.63, 3.8) is 0 Å². The summed E-state index contributed by atoms with van der Waals surface area (Å²) in [6.07, 6.45) is 4.77. The van der Waals surface area contributed by atoms with E-state index in [0.717, 1.165) is 0 Å². The molecule has 120 valence electrons. The molecule has 1 aromatic rings. The summed E-state index contributed by atoms with van der Waals surface area (Å²) in [6.45, 7) is 0.366. The lowest BCUT2D eigenvalue weighted by Crippen LogP contribution is -2.26. The molecular weight excluding hydrogens is 290 g/mol. The third kappa shape index (κ3) is 5.73. The molecule has 0 unspecified atom stereocenters. The maximum atomic E-state index is 11.8. The van der Waals surface area contributed by atoms with Gasteiger partial charge in [-0.25, -0.2) is 9.48 Å². The SMILES string of the molecule is COC(=O)/C=C/CCNC(=O)c1cn(CC(=O)N(C)C)nn1. The van der Waals surface area contributed by atoms with Crippen molar-refractivity contribution in [3.8, 4) is 0 Å². The van der Waals surface area contributed by atoms with Crippen molar-refractivity contribution in [3.05, 3.63) is 24.0 Å². The van der Waals surface area contributed by atoms with Gasteiger partial charge in [-0.1, -0.05) is 11.3 Å². The predicted octanol–water partition coefficient (Wildman–Crippen LogP) is -0.785. The largest absolute Gasteiger partial charge is 0.466 e. The Morgan fingerprint density at radius 3 is 2.77 bits per heavy atom. The summed E-state index contributed by atoms with van der Waals surface area (Å²) in [5.41, 5.74) is 0.128. The van der Waals surface area contributed by atoms with E-state index >= 15 is 0 Å². The van der Waals surface area contributed by atoms with Gasteiger partial charge in [0.25, 0.3) is 5.91 Å². The van der Waals surface area contributed by atoms with Gasteiger partial charge < -0.3 is 15.0 Å². The van der Waals surface area contributed by atoms with E-state index in [0.29, 0.717) is 13.0 Å². The van der Waals surface area contributed by atoms with E-state index in [1.807, 2.05) is 0 Å². The number of nitrogens with zero attached hydrogens (tertiary/aromatic N) is 4. The predicted molar refractivity (Wildman–Crippen MR) is 76.8 cm³/mol. The van der Waals surface area contributed by atoms with Crippen molar-refractivity contribution in [1.29, 1.82) is 0 Å². The molecule has 0 aliphatic rings. The molecule has 0 saturated carbocycles. The van der Waals surface area contributed by atoms with Gasteiger partial charge >= 0.3 is 5.97 Å². The highest BCUT2D eigenvalue weighted by atomic mass is 16.5. The highest BCUT2D eigenvalue weighted by molar-refractivity contribution is 5.91. The molecule has 9 nitrogen and oxygen atoms in total. The van der Waals surface area contributed by atoms with E-state index in [-0.39, 0.29) is 18.1 Å². The second-order valence-electron chi connectivity index (χ2n) is 4.56. The fourth-order valence-corrected chi connectivity index (χ4v) is 1.37. The van der Waals surface area contributed by atoms with Gasteiger partial charge in [-0.15, -0.1) is 5.10 Å². The van der Waals surface area contributed by atoms with Crippen LogP contribution in [0.5, 0.6) is 0 Å². The molecule has 1 aromatic heterocycles. The molecule has 0 atom stereocenters. The van der Waals surface area contributed by atoms with Gasteiger partial charge in [0.15, 0.2) is 5.69 Å². The van der Waals surface area contributed by atoms with Crippen LogP contribution in [0, 0.1) is 0 Å². The van der Waals surface area contributed by atoms with E-state index < -0.39 is 11.9 Å². The lowest BCUT2D eigenvalue weighted by atomic mass is 10.3. The molecule has 0 saturated heterocycles. The van der Waals surface area contributed by atoms with Gasteiger partial charge in [-0.3, -0.25) is 9.59 Å². The normalized spacial score (nSPS) is 10.5. The second kappa shape index (κ2) is 8.55. The summed E-state index contributed by atoms with van der Waals surface area (Å²) in [4.78, 5) is 35.5. The van der Waals surface area contributed by atoms with E-state index in [1.54, 1.807) is 20.2 Å². The third-order valence-electron chi connectivity index (χ3n) is 2.62. The highest BCUT2D eigenvalue weighted by Gasteiger charge is 2.12. The number of amides is 2. The van der Waals surface area contributed by atoms with Crippen LogP contribution < -0.4 is 5.32 Å². The first-order chi connectivity index (χ1) is 10.4. The minimum absolute atomic E-state index is 0.0230. The van der Waals surface area contributed by atoms with Crippen LogP contribution in [0.15, 0.2) is 18.3 Å². The Morgan fingerprint density at radius 1 is 1.41 bits per heavy atom. The minimum atomic E-state index is -0.445. The van der Waals surface area contributed by atoms with Crippen molar-refractivity contribution in [1.82, 2.24) is 25.2 Å². The summed E-state index contributed by atoms with van der Waals surface area (Å²) in [5.74, 6) is -0.986. The Bertz CT molecular complexity index is 565. The molecular formula is C13H19N5O4. The lowest BCUT2D eigenvalue weighted by molar-refractivity contribution is -0.135. The number of rotatable bonds is 7. The Hall–Kier alpha value is -2.71. The average molecular weight is 309 g/mol. The molecule has 0 aliphatic carbocycles. The van der Waals surface area contributed by atoms with E-state index in [2.05, 4.69) is 20.4 Å². The maximum absolute atomic E-state index is 11.8. The quantitative estimate of drug-likeness (QED) is 0.402. The Morgan fingerprint density at radius 2 is 2.14 bits per heavy atom. The fourth-order valence-electron chi connectivity index (χ4n) is 1.37. The summed E-state index contributed by atoms with van der Waals surface area (Å²) in [6, 6.07) is 0. The van der Waals surface area contributed by atoms with Crippen LogP contribution in [-0.2, 0) is 20.9 Å². The molecule has 0 aliphatic heterocycles. The molecule has 0 spiro atoms. The van der Waals surface area contributed by atoms with Crippen LogP contribution in [0.2, 0.25) is 0 Å². The maximum Gasteiger partial charge on any atom is 0.330 e. The number of esters is 1. The van der Waals surface area contributed by atoms with Crippen molar-refractivity contribution >= 4 is 17.8 Å². The van der Waals surface area contributed by atoms with Crippen LogP contribution in [-0.4, -0.2) is 65.4 Å². The zero-order valence-electron chi connectivity index (χ0n) is 12.8.